The summed E-state index contributed by atoms with van der Waals surface area (Å²) in [5.41, 5.74) is 0.0543. The Kier molecular flexibility index (Phi) is 4.00. The average molecular weight is 213 g/mol. The number of carbonyl (C=O) groups excluding carboxylic acids is 1. The van der Waals surface area contributed by atoms with Crippen LogP contribution in [0.15, 0.2) is 0 Å². The molecule has 0 atom stereocenters. The highest BCUT2D eigenvalue weighted by atomic mass is 16.6. The molecular formula is C12H23NO2. The van der Waals surface area contributed by atoms with Crippen molar-refractivity contribution in [3.05, 3.63) is 0 Å². The molecule has 0 unspecified atom stereocenters. The summed E-state index contributed by atoms with van der Waals surface area (Å²) in [5, 5.41) is 0. The molecule has 3 nitrogen and oxygen atoms in total. The number of hydrogen-bond acceptors (Lipinski definition) is 2. The van der Waals surface area contributed by atoms with E-state index in [0.717, 1.165) is 31.8 Å². The Morgan fingerprint density at radius 3 is 2.33 bits per heavy atom. The van der Waals surface area contributed by atoms with Gasteiger partial charge in [-0.25, -0.2) is 4.79 Å². The first-order valence-corrected chi connectivity index (χ1v) is 5.80. The van der Waals surface area contributed by atoms with Gasteiger partial charge in [-0.3, -0.25) is 0 Å². The molecule has 1 rings (SSSR count). The standard InChI is InChI=1S/C12H23NO2/c1-10-5-7-13(8-6-10)11(14)15-9-12(2,3)4/h10H,5-9H2,1-4H3. The van der Waals surface area contributed by atoms with E-state index >= 15 is 0 Å². The van der Waals surface area contributed by atoms with Crippen LogP contribution in [0, 0.1) is 11.3 Å². The lowest BCUT2D eigenvalue weighted by Crippen LogP contribution is -2.39. The summed E-state index contributed by atoms with van der Waals surface area (Å²) in [6, 6.07) is 0. The van der Waals surface area contributed by atoms with Crippen LogP contribution >= 0.6 is 0 Å². The molecular weight excluding hydrogens is 190 g/mol. The Morgan fingerprint density at radius 2 is 1.87 bits per heavy atom. The van der Waals surface area contributed by atoms with Gasteiger partial charge < -0.3 is 9.64 Å². The van der Waals surface area contributed by atoms with E-state index in [9.17, 15) is 4.79 Å². The minimum absolute atomic E-state index is 0.0543. The second-order valence-corrected chi connectivity index (χ2v) is 5.78. The first-order valence-electron chi connectivity index (χ1n) is 5.80. The second-order valence-electron chi connectivity index (χ2n) is 5.78. The van der Waals surface area contributed by atoms with Gasteiger partial charge >= 0.3 is 6.09 Å². The van der Waals surface area contributed by atoms with Crippen LogP contribution in [0.2, 0.25) is 0 Å². The molecule has 0 aromatic heterocycles. The minimum atomic E-state index is -0.142. The van der Waals surface area contributed by atoms with Gasteiger partial charge in [0.25, 0.3) is 0 Å². The molecule has 0 aliphatic carbocycles. The number of amides is 1. The molecule has 0 bridgehead atoms. The van der Waals surface area contributed by atoms with E-state index in [0.29, 0.717) is 6.61 Å². The number of likely N-dealkylation sites (tertiary alicyclic amines) is 1. The molecule has 88 valence electrons. The first kappa shape index (κ1) is 12.3. The molecule has 1 amide bonds. The third kappa shape index (κ3) is 4.54. The SMILES string of the molecule is CC1CCN(C(=O)OCC(C)(C)C)CC1. The van der Waals surface area contributed by atoms with Crippen molar-refractivity contribution >= 4 is 6.09 Å². The van der Waals surface area contributed by atoms with Crippen LogP contribution in [0.25, 0.3) is 0 Å². The largest absolute Gasteiger partial charge is 0.449 e. The maximum Gasteiger partial charge on any atom is 0.409 e. The van der Waals surface area contributed by atoms with Crippen LogP contribution < -0.4 is 0 Å². The van der Waals surface area contributed by atoms with Crippen molar-refractivity contribution in [3.8, 4) is 0 Å². The molecule has 1 aliphatic rings. The summed E-state index contributed by atoms with van der Waals surface area (Å²) >= 11 is 0. The van der Waals surface area contributed by atoms with Crippen molar-refractivity contribution in [2.24, 2.45) is 11.3 Å². The van der Waals surface area contributed by atoms with Crippen molar-refractivity contribution in [1.29, 1.82) is 0 Å². The van der Waals surface area contributed by atoms with Crippen LogP contribution in [0.5, 0.6) is 0 Å². The van der Waals surface area contributed by atoms with Gasteiger partial charge in [0.1, 0.15) is 0 Å². The first-order chi connectivity index (χ1) is 6.88. The molecule has 1 fully saturated rings. The topological polar surface area (TPSA) is 29.5 Å². The van der Waals surface area contributed by atoms with Gasteiger partial charge in [0, 0.05) is 13.1 Å². The summed E-state index contributed by atoms with van der Waals surface area (Å²) in [7, 11) is 0. The predicted octanol–water partition coefficient (Wildman–Crippen LogP) is 2.90. The van der Waals surface area contributed by atoms with Gasteiger partial charge in [-0.1, -0.05) is 27.7 Å². The zero-order valence-electron chi connectivity index (χ0n) is 10.4. The van der Waals surface area contributed by atoms with E-state index in [2.05, 4.69) is 27.7 Å². The van der Waals surface area contributed by atoms with Gasteiger partial charge in [0.15, 0.2) is 0 Å². The van der Waals surface area contributed by atoms with Gasteiger partial charge in [0.05, 0.1) is 6.61 Å². The van der Waals surface area contributed by atoms with Crippen LogP contribution in [-0.4, -0.2) is 30.7 Å². The summed E-state index contributed by atoms with van der Waals surface area (Å²) in [6.45, 7) is 10.6. The van der Waals surface area contributed by atoms with E-state index in [1.54, 1.807) is 0 Å². The monoisotopic (exact) mass is 213 g/mol. The van der Waals surface area contributed by atoms with E-state index in [1.807, 2.05) is 4.90 Å². The highest BCUT2D eigenvalue weighted by Gasteiger charge is 2.22. The van der Waals surface area contributed by atoms with E-state index < -0.39 is 0 Å². The van der Waals surface area contributed by atoms with Crippen molar-refractivity contribution < 1.29 is 9.53 Å². The zero-order valence-corrected chi connectivity index (χ0v) is 10.4. The summed E-state index contributed by atoms with van der Waals surface area (Å²) < 4.78 is 5.27. The third-order valence-electron chi connectivity index (χ3n) is 2.67. The molecule has 0 spiro atoms. The fourth-order valence-electron chi connectivity index (χ4n) is 1.56. The highest BCUT2D eigenvalue weighted by Crippen LogP contribution is 2.18. The van der Waals surface area contributed by atoms with Crippen molar-refractivity contribution in [2.75, 3.05) is 19.7 Å². The Bertz CT molecular complexity index is 212. The number of ether oxygens (including phenoxy) is 1. The number of hydrogen-bond donors (Lipinski definition) is 0. The molecule has 0 N–H and O–H groups in total. The lowest BCUT2D eigenvalue weighted by Gasteiger charge is -2.30. The van der Waals surface area contributed by atoms with Gasteiger partial charge in [-0.15, -0.1) is 0 Å². The second kappa shape index (κ2) is 4.86. The Hall–Kier alpha value is -0.730. The average Bonchev–Trinajstić information content (AvgIpc) is 2.14. The Morgan fingerprint density at radius 1 is 1.33 bits per heavy atom. The molecule has 0 saturated carbocycles. The van der Waals surface area contributed by atoms with Crippen molar-refractivity contribution in [2.45, 2.75) is 40.5 Å². The normalized spacial score (nSPS) is 19.1. The van der Waals surface area contributed by atoms with Crippen LogP contribution in [0.1, 0.15) is 40.5 Å². The zero-order chi connectivity index (χ0) is 11.5. The summed E-state index contributed by atoms with van der Waals surface area (Å²) in [4.78, 5) is 13.5. The molecule has 0 aromatic carbocycles. The lowest BCUT2D eigenvalue weighted by atomic mass is 9.98. The van der Waals surface area contributed by atoms with Gasteiger partial charge in [-0.05, 0) is 24.2 Å². The lowest BCUT2D eigenvalue weighted by molar-refractivity contribution is 0.0630. The summed E-state index contributed by atoms with van der Waals surface area (Å²) in [5.74, 6) is 0.747. The number of piperidine rings is 1. The Balaban J connectivity index is 2.29. The molecule has 0 radical (unpaired) electrons. The van der Waals surface area contributed by atoms with Crippen LogP contribution in [-0.2, 0) is 4.74 Å². The van der Waals surface area contributed by atoms with Crippen molar-refractivity contribution in [1.82, 2.24) is 4.90 Å². The highest BCUT2D eigenvalue weighted by molar-refractivity contribution is 5.67. The molecule has 1 heterocycles. The Labute approximate surface area is 92.8 Å². The van der Waals surface area contributed by atoms with Crippen LogP contribution in [0.3, 0.4) is 0 Å². The maximum atomic E-state index is 11.7. The van der Waals surface area contributed by atoms with Gasteiger partial charge in [0.2, 0.25) is 0 Å². The molecule has 15 heavy (non-hydrogen) atoms. The number of nitrogens with zero attached hydrogens (tertiary/aromatic N) is 1. The van der Waals surface area contributed by atoms with Crippen molar-refractivity contribution in [3.63, 3.8) is 0 Å². The van der Waals surface area contributed by atoms with E-state index in [4.69, 9.17) is 4.74 Å². The minimum Gasteiger partial charge on any atom is -0.449 e. The number of rotatable bonds is 1. The quantitative estimate of drug-likeness (QED) is 0.670. The number of carbonyl (C=O) groups is 1. The van der Waals surface area contributed by atoms with Crippen LogP contribution in [0.4, 0.5) is 4.79 Å². The van der Waals surface area contributed by atoms with E-state index in [1.165, 1.54) is 0 Å². The third-order valence-corrected chi connectivity index (χ3v) is 2.67. The smallest absolute Gasteiger partial charge is 0.409 e. The molecule has 0 aromatic rings. The molecule has 3 heteroatoms. The maximum absolute atomic E-state index is 11.7. The molecule has 1 aliphatic heterocycles. The predicted molar refractivity (Wildman–Crippen MR) is 60.8 cm³/mol. The fourth-order valence-corrected chi connectivity index (χ4v) is 1.56. The van der Waals surface area contributed by atoms with Gasteiger partial charge in [-0.2, -0.15) is 0 Å². The summed E-state index contributed by atoms with van der Waals surface area (Å²) in [6.07, 6.45) is 2.06. The molecule has 1 saturated heterocycles. The van der Waals surface area contributed by atoms with E-state index in [-0.39, 0.29) is 11.5 Å². The fraction of sp³-hybridized carbons (Fsp3) is 0.917.